The van der Waals surface area contributed by atoms with Crippen molar-refractivity contribution in [3.8, 4) is 0 Å². The topological polar surface area (TPSA) is 58.1 Å². The highest BCUT2D eigenvalue weighted by molar-refractivity contribution is 5.75. The molecule has 1 aromatic rings. The summed E-state index contributed by atoms with van der Waals surface area (Å²) in [6.45, 7) is 4.77. The average Bonchev–Trinajstić information content (AvgIpc) is 2.47. The van der Waals surface area contributed by atoms with Gasteiger partial charge in [0.1, 0.15) is 0 Å². The summed E-state index contributed by atoms with van der Waals surface area (Å²) in [6.07, 6.45) is 7.28. The molecule has 0 aliphatic carbocycles. The molecule has 0 unspecified atom stereocenters. The number of carbonyl (C=O) groups excluding carboxylic acids is 1. The summed E-state index contributed by atoms with van der Waals surface area (Å²) in [4.78, 5) is 22.2. The number of hydrogen-bond acceptors (Lipinski definition) is 4. The van der Waals surface area contributed by atoms with Crippen molar-refractivity contribution in [2.75, 3.05) is 24.5 Å². The first kappa shape index (κ1) is 13.8. The number of aromatic nitrogens is 2. The van der Waals surface area contributed by atoms with Gasteiger partial charge in [-0.2, -0.15) is 0 Å². The number of rotatable bonds is 5. The van der Waals surface area contributed by atoms with Crippen molar-refractivity contribution in [3.05, 3.63) is 18.5 Å². The van der Waals surface area contributed by atoms with Crippen molar-refractivity contribution in [3.63, 3.8) is 0 Å². The largest absolute Gasteiger partial charge is 0.356 e. The summed E-state index contributed by atoms with van der Waals surface area (Å²) in [5.41, 5.74) is 0. The second kappa shape index (κ2) is 7.07. The third-order valence-electron chi connectivity index (χ3n) is 3.51. The van der Waals surface area contributed by atoms with Gasteiger partial charge < -0.3 is 10.2 Å². The van der Waals surface area contributed by atoms with E-state index in [1.165, 1.54) is 0 Å². The van der Waals surface area contributed by atoms with Crippen molar-refractivity contribution in [2.24, 2.45) is 5.92 Å². The lowest BCUT2D eigenvalue weighted by Gasteiger charge is -2.31. The van der Waals surface area contributed by atoms with Gasteiger partial charge in [-0.15, -0.1) is 0 Å². The number of amides is 1. The fraction of sp³-hybridized carbons (Fsp3) is 0.643. The normalized spacial score (nSPS) is 16.4. The minimum atomic E-state index is 0.177. The summed E-state index contributed by atoms with van der Waals surface area (Å²) < 4.78 is 0. The number of piperidine rings is 1. The molecule has 0 spiro atoms. The van der Waals surface area contributed by atoms with Crippen LogP contribution in [0.4, 0.5) is 5.95 Å². The van der Waals surface area contributed by atoms with E-state index in [1.807, 2.05) is 13.0 Å². The lowest BCUT2D eigenvalue weighted by molar-refractivity contribution is -0.121. The van der Waals surface area contributed by atoms with Gasteiger partial charge in [0, 0.05) is 38.4 Å². The first-order valence-electron chi connectivity index (χ1n) is 7.08. The molecule has 5 heteroatoms. The van der Waals surface area contributed by atoms with Crippen LogP contribution in [0.1, 0.15) is 32.6 Å². The average molecular weight is 262 g/mol. The second-order valence-corrected chi connectivity index (χ2v) is 5.03. The number of anilines is 1. The SMILES string of the molecule is CCCC(=O)NCC1CCN(c2ncccn2)CC1. The van der Waals surface area contributed by atoms with Crippen molar-refractivity contribution in [1.82, 2.24) is 15.3 Å². The van der Waals surface area contributed by atoms with Crippen LogP contribution in [0.2, 0.25) is 0 Å². The van der Waals surface area contributed by atoms with Crippen molar-refractivity contribution in [1.29, 1.82) is 0 Å². The van der Waals surface area contributed by atoms with E-state index < -0.39 is 0 Å². The van der Waals surface area contributed by atoms with Gasteiger partial charge in [0.25, 0.3) is 0 Å². The van der Waals surface area contributed by atoms with Crippen molar-refractivity contribution >= 4 is 11.9 Å². The van der Waals surface area contributed by atoms with E-state index in [4.69, 9.17) is 0 Å². The van der Waals surface area contributed by atoms with Crippen LogP contribution in [0.25, 0.3) is 0 Å². The Morgan fingerprint density at radius 2 is 2.05 bits per heavy atom. The third kappa shape index (κ3) is 4.19. The zero-order chi connectivity index (χ0) is 13.5. The Balaban J connectivity index is 1.72. The predicted octanol–water partition coefficient (Wildman–Crippen LogP) is 1.61. The van der Waals surface area contributed by atoms with E-state index in [0.29, 0.717) is 12.3 Å². The highest BCUT2D eigenvalue weighted by Gasteiger charge is 2.20. The summed E-state index contributed by atoms with van der Waals surface area (Å²) in [6, 6.07) is 1.83. The molecule has 104 valence electrons. The van der Waals surface area contributed by atoms with E-state index in [1.54, 1.807) is 12.4 Å². The van der Waals surface area contributed by atoms with Gasteiger partial charge in [0.2, 0.25) is 11.9 Å². The van der Waals surface area contributed by atoms with Crippen LogP contribution in [-0.2, 0) is 4.79 Å². The first-order valence-corrected chi connectivity index (χ1v) is 7.08. The van der Waals surface area contributed by atoms with Crippen molar-refractivity contribution < 1.29 is 4.79 Å². The molecule has 1 aromatic heterocycles. The summed E-state index contributed by atoms with van der Waals surface area (Å²) in [7, 11) is 0. The Morgan fingerprint density at radius 1 is 1.37 bits per heavy atom. The monoisotopic (exact) mass is 262 g/mol. The van der Waals surface area contributed by atoms with E-state index in [2.05, 4.69) is 20.2 Å². The molecule has 5 nitrogen and oxygen atoms in total. The molecule has 1 aliphatic heterocycles. The van der Waals surface area contributed by atoms with Crippen LogP contribution in [0, 0.1) is 5.92 Å². The van der Waals surface area contributed by atoms with Gasteiger partial charge in [-0.1, -0.05) is 6.92 Å². The highest BCUT2D eigenvalue weighted by Crippen LogP contribution is 2.19. The standard InChI is InChI=1S/C14H22N4O/c1-2-4-13(19)17-11-12-5-9-18(10-6-12)14-15-7-3-8-16-14/h3,7-8,12H,2,4-6,9-11H2,1H3,(H,17,19). The molecule has 0 aromatic carbocycles. The van der Waals surface area contributed by atoms with Gasteiger partial charge >= 0.3 is 0 Å². The molecule has 1 amide bonds. The second-order valence-electron chi connectivity index (χ2n) is 5.03. The fourth-order valence-electron chi connectivity index (χ4n) is 2.37. The minimum absolute atomic E-state index is 0.177. The summed E-state index contributed by atoms with van der Waals surface area (Å²) >= 11 is 0. The zero-order valence-electron chi connectivity index (χ0n) is 11.5. The third-order valence-corrected chi connectivity index (χ3v) is 3.51. The molecular formula is C14H22N4O. The maximum atomic E-state index is 11.4. The van der Waals surface area contributed by atoms with Gasteiger partial charge in [0.15, 0.2) is 0 Å². The number of carbonyl (C=O) groups is 1. The maximum Gasteiger partial charge on any atom is 0.225 e. The molecular weight excluding hydrogens is 240 g/mol. The Bertz CT molecular complexity index is 388. The number of nitrogens with one attached hydrogen (secondary N) is 1. The van der Waals surface area contributed by atoms with Gasteiger partial charge in [-0.25, -0.2) is 9.97 Å². The highest BCUT2D eigenvalue weighted by atomic mass is 16.1. The molecule has 1 N–H and O–H groups in total. The van der Waals surface area contributed by atoms with Crippen LogP contribution in [0.3, 0.4) is 0 Å². The Morgan fingerprint density at radius 3 is 2.68 bits per heavy atom. The van der Waals surface area contributed by atoms with E-state index >= 15 is 0 Å². The van der Waals surface area contributed by atoms with Crippen molar-refractivity contribution in [2.45, 2.75) is 32.6 Å². The molecule has 0 atom stereocenters. The van der Waals surface area contributed by atoms with Crippen LogP contribution < -0.4 is 10.2 Å². The van der Waals surface area contributed by atoms with E-state index in [9.17, 15) is 4.79 Å². The molecule has 2 heterocycles. The molecule has 1 fully saturated rings. The quantitative estimate of drug-likeness (QED) is 0.876. The fourth-order valence-corrected chi connectivity index (χ4v) is 2.37. The summed E-state index contributed by atoms with van der Waals surface area (Å²) in [5.74, 6) is 1.58. The molecule has 0 saturated carbocycles. The smallest absolute Gasteiger partial charge is 0.225 e. The Labute approximate surface area is 114 Å². The van der Waals surface area contributed by atoms with Gasteiger partial charge in [-0.05, 0) is 31.2 Å². The molecule has 1 saturated heterocycles. The maximum absolute atomic E-state index is 11.4. The number of nitrogens with zero attached hydrogens (tertiary/aromatic N) is 3. The molecule has 0 bridgehead atoms. The van der Waals surface area contributed by atoms with Crippen LogP contribution in [-0.4, -0.2) is 35.5 Å². The predicted molar refractivity (Wildman–Crippen MR) is 74.9 cm³/mol. The van der Waals surface area contributed by atoms with E-state index in [0.717, 1.165) is 44.8 Å². The van der Waals surface area contributed by atoms with Crippen LogP contribution >= 0.6 is 0 Å². The zero-order valence-corrected chi connectivity index (χ0v) is 11.5. The summed E-state index contributed by atoms with van der Waals surface area (Å²) in [5, 5.41) is 3.02. The molecule has 1 aliphatic rings. The lowest BCUT2D eigenvalue weighted by atomic mass is 9.97. The van der Waals surface area contributed by atoms with E-state index in [-0.39, 0.29) is 5.91 Å². The van der Waals surface area contributed by atoms with Crippen LogP contribution in [0.15, 0.2) is 18.5 Å². The molecule has 2 rings (SSSR count). The number of hydrogen-bond donors (Lipinski definition) is 1. The van der Waals surface area contributed by atoms with Gasteiger partial charge in [-0.3, -0.25) is 4.79 Å². The lowest BCUT2D eigenvalue weighted by Crippen LogP contribution is -2.39. The Hall–Kier alpha value is -1.65. The molecule has 0 radical (unpaired) electrons. The molecule has 19 heavy (non-hydrogen) atoms. The first-order chi connectivity index (χ1) is 9.29. The van der Waals surface area contributed by atoms with Crippen LogP contribution in [0.5, 0.6) is 0 Å². The van der Waals surface area contributed by atoms with Gasteiger partial charge in [0.05, 0.1) is 0 Å². The Kier molecular flexibility index (Phi) is 5.12. The minimum Gasteiger partial charge on any atom is -0.356 e.